The lowest BCUT2D eigenvalue weighted by atomic mass is 9.79. The van der Waals surface area contributed by atoms with Crippen LogP contribution in [-0.2, 0) is 28.9 Å². The summed E-state index contributed by atoms with van der Waals surface area (Å²) in [6.45, 7) is 10.5. The molecule has 0 radical (unpaired) electrons. The van der Waals surface area contributed by atoms with Crippen LogP contribution in [0.1, 0.15) is 74.3 Å². The van der Waals surface area contributed by atoms with Crippen molar-refractivity contribution in [1.82, 2.24) is 24.2 Å². The Morgan fingerprint density at radius 3 is 1.95 bits per heavy atom. The number of nitrogens with one attached hydrogen (secondary N) is 1. The Labute approximate surface area is 381 Å². The lowest BCUT2D eigenvalue weighted by molar-refractivity contribution is -0.135. The topological polar surface area (TPSA) is 164 Å². The van der Waals surface area contributed by atoms with E-state index in [1.165, 1.54) is 6.33 Å². The summed E-state index contributed by atoms with van der Waals surface area (Å²) in [5.74, 6) is 1.29. The molecule has 1 fully saturated rings. The van der Waals surface area contributed by atoms with Gasteiger partial charge in [-0.25, -0.2) is 19.6 Å². The fourth-order valence-electron chi connectivity index (χ4n) is 8.31. The predicted molar refractivity (Wildman–Crippen MR) is 247 cm³/mol. The summed E-state index contributed by atoms with van der Waals surface area (Å²) in [4.78, 5) is 27.0. The number of imidazole rings is 1. The summed E-state index contributed by atoms with van der Waals surface area (Å²) in [6, 6.07) is 36.8. The third-order valence-corrected chi connectivity index (χ3v) is 13.4. The summed E-state index contributed by atoms with van der Waals surface area (Å²) >= 11 is 0. The molecule has 65 heavy (non-hydrogen) atoms. The van der Waals surface area contributed by atoms with E-state index in [1.807, 2.05) is 91.9 Å². The van der Waals surface area contributed by atoms with Crippen LogP contribution in [-0.4, -0.2) is 94.5 Å². The summed E-state index contributed by atoms with van der Waals surface area (Å²) in [6.07, 6.45) is -0.841. The molecule has 1 saturated heterocycles. The highest BCUT2D eigenvalue weighted by Gasteiger charge is 2.54. The molecule has 1 amide bonds. The highest BCUT2D eigenvalue weighted by Crippen LogP contribution is 2.52. The van der Waals surface area contributed by atoms with E-state index in [0.717, 1.165) is 16.7 Å². The third-order valence-electron chi connectivity index (χ3n) is 11.3. The molecule has 6 atom stereocenters. The Morgan fingerprint density at radius 1 is 0.815 bits per heavy atom. The van der Waals surface area contributed by atoms with Crippen molar-refractivity contribution in [2.24, 2.45) is 0 Å². The van der Waals surface area contributed by atoms with E-state index < -0.39 is 44.8 Å². The summed E-state index contributed by atoms with van der Waals surface area (Å²) in [5, 5.41) is 12.4. The molecule has 16 heteroatoms. The Morgan fingerprint density at radius 2 is 1.40 bits per heavy atom. The van der Waals surface area contributed by atoms with Gasteiger partial charge in [0.05, 0.1) is 45.7 Å². The van der Waals surface area contributed by atoms with Crippen molar-refractivity contribution in [3.8, 4) is 17.6 Å². The van der Waals surface area contributed by atoms with Crippen LogP contribution in [0.15, 0.2) is 122 Å². The number of nitriles is 1. The molecule has 1 N–H and O–H groups in total. The number of fused-ring (bicyclic) bond motifs is 1. The predicted octanol–water partition coefficient (Wildman–Crippen LogP) is 9.07. The highest BCUT2D eigenvalue weighted by molar-refractivity contribution is 7.44. The first kappa shape index (κ1) is 47.2. The van der Waals surface area contributed by atoms with Crippen LogP contribution in [0.2, 0.25) is 0 Å². The van der Waals surface area contributed by atoms with Crippen molar-refractivity contribution in [1.29, 1.82) is 5.26 Å². The van der Waals surface area contributed by atoms with E-state index in [2.05, 4.69) is 53.7 Å². The second-order valence-corrected chi connectivity index (χ2v) is 17.4. The van der Waals surface area contributed by atoms with E-state index in [-0.39, 0.29) is 36.8 Å². The molecular formula is C49H56N7O8P. The number of aromatic nitrogens is 4. The molecular weight excluding hydrogens is 846 g/mol. The molecule has 0 bridgehead atoms. The van der Waals surface area contributed by atoms with Gasteiger partial charge in [-0.05, 0) is 87.7 Å². The second-order valence-electron chi connectivity index (χ2n) is 16.0. The average molecular weight is 902 g/mol. The molecule has 1 aliphatic heterocycles. The van der Waals surface area contributed by atoms with Crippen molar-refractivity contribution in [2.45, 2.75) is 89.4 Å². The molecule has 340 valence electrons. The molecule has 3 heterocycles. The average Bonchev–Trinajstić information content (AvgIpc) is 3.93. The first-order valence-electron chi connectivity index (χ1n) is 21.5. The summed E-state index contributed by atoms with van der Waals surface area (Å²) in [7, 11) is 3.09. The van der Waals surface area contributed by atoms with Crippen LogP contribution < -0.4 is 14.8 Å². The molecule has 4 aromatic carbocycles. The zero-order valence-corrected chi connectivity index (χ0v) is 38.8. The molecule has 0 saturated carbocycles. The first-order chi connectivity index (χ1) is 31.5. The number of ether oxygens (including phenoxy) is 5. The SMILES string of the molecule is COc1ccc(C(O[C@@H](C)[C@H]2O[C@@H](n3cnc4c(NC(=O)c5ccccc5)ncnc43)[C@H](OC)[C@@H]2OP(OCCC#N)N(C(C)C)C(C)C)(c2ccccc2)c2ccc(OC)cc2)cc1. The number of hydrogen-bond donors (Lipinski definition) is 1. The fourth-order valence-corrected chi connectivity index (χ4v) is 10.1. The van der Waals surface area contributed by atoms with Crippen molar-refractivity contribution in [3.05, 3.63) is 144 Å². The number of carbonyl (C=O) groups excluding carboxylic acids is 1. The maximum Gasteiger partial charge on any atom is 0.259 e. The van der Waals surface area contributed by atoms with Gasteiger partial charge < -0.3 is 38.0 Å². The Bertz CT molecular complexity index is 2450. The lowest BCUT2D eigenvalue weighted by Gasteiger charge is -2.41. The van der Waals surface area contributed by atoms with Crippen LogP contribution in [0.4, 0.5) is 5.82 Å². The summed E-state index contributed by atoms with van der Waals surface area (Å²) < 4.78 is 50.0. The Balaban J connectivity index is 1.36. The van der Waals surface area contributed by atoms with Crippen molar-refractivity contribution >= 4 is 31.4 Å². The van der Waals surface area contributed by atoms with E-state index >= 15 is 0 Å². The zero-order chi connectivity index (χ0) is 46.1. The maximum absolute atomic E-state index is 13.3. The maximum atomic E-state index is 13.3. The van der Waals surface area contributed by atoms with Crippen molar-refractivity contribution in [2.75, 3.05) is 33.3 Å². The van der Waals surface area contributed by atoms with Gasteiger partial charge in [-0.3, -0.25) is 9.36 Å². The number of anilines is 1. The molecule has 7 rings (SSSR count). The van der Waals surface area contributed by atoms with Gasteiger partial charge in [-0.2, -0.15) is 5.26 Å². The van der Waals surface area contributed by atoms with Crippen LogP contribution in [0.5, 0.6) is 11.5 Å². The van der Waals surface area contributed by atoms with Gasteiger partial charge in [-0.15, -0.1) is 0 Å². The van der Waals surface area contributed by atoms with E-state index in [4.69, 9.17) is 37.7 Å². The monoisotopic (exact) mass is 901 g/mol. The minimum atomic E-state index is -1.79. The van der Waals surface area contributed by atoms with Crippen LogP contribution in [0.3, 0.4) is 0 Å². The number of amides is 1. The standard InChI is InChI=1S/C49H56N7O8P/c1-32(2)56(33(3)4)65(61-29-15-28-50)64-43-42(62-48(44(43)60-8)55-31-53-41-45(51-30-52-46(41)55)54-47(57)35-16-11-9-12-17-35)34(5)63-49(36-18-13-10-14-19-36,37-20-24-39(58-6)25-21-37)38-22-26-40(59-7)27-23-38/h9-14,16-27,30-34,42-44,48H,15,29H2,1-8H3,(H,51,52,54,57)/t34-,42+,43+,44+,48+,65?/m0/s1. The molecule has 1 unspecified atom stereocenters. The van der Waals surface area contributed by atoms with Crippen molar-refractivity contribution < 1.29 is 37.5 Å². The van der Waals surface area contributed by atoms with Gasteiger partial charge in [0.1, 0.15) is 41.7 Å². The van der Waals surface area contributed by atoms with Crippen LogP contribution >= 0.6 is 8.53 Å². The number of rotatable bonds is 20. The second kappa shape index (κ2) is 21.4. The van der Waals surface area contributed by atoms with Gasteiger partial charge in [0.15, 0.2) is 23.2 Å². The number of nitrogens with zero attached hydrogens (tertiary/aromatic N) is 6. The first-order valence-corrected chi connectivity index (χ1v) is 22.7. The molecule has 15 nitrogen and oxygen atoms in total. The molecule has 0 aliphatic carbocycles. The van der Waals surface area contributed by atoms with Gasteiger partial charge >= 0.3 is 0 Å². The molecule has 1 aliphatic rings. The smallest absolute Gasteiger partial charge is 0.259 e. The Kier molecular flexibility index (Phi) is 15.6. The number of methoxy groups -OCH3 is 3. The van der Waals surface area contributed by atoms with E-state index in [0.29, 0.717) is 28.2 Å². The normalized spacial score (nSPS) is 18.5. The van der Waals surface area contributed by atoms with Gasteiger partial charge in [-0.1, -0.05) is 72.8 Å². The van der Waals surface area contributed by atoms with Gasteiger partial charge in [0.25, 0.3) is 14.4 Å². The van der Waals surface area contributed by atoms with Gasteiger partial charge in [0, 0.05) is 24.8 Å². The van der Waals surface area contributed by atoms with E-state index in [9.17, 15) is 10.1 Å². The summed E-state index contributed by atoms with van der Waals surface area (Å²) in [5.41, 5.74) is 2.57. The van der Waals surface area contributed by atoms with Crippen LogP contribution in [0.25, 0.3) is 11.2 Å². The number of carbonyl (C=O) groups is 1. The molecule has 2 aromatic heterocycles. The lowest BCUT2D eigenvalue weighted by Crippen LogP contribution is -2.46. The van der Waals surface area contributed by atoms with Crippen molar-refractivity contribution in [3.63, 3.8) is 0 Å². The number of benzene rings is 4. The molecule has 0 spiro atoms. The van der Waals surface area contributed by atoms with Gasteiger partial charge in [0.2, 0.25) is 0 Å². The molecule has 6 aromatic rings. The zero-order valence-electron chi connectivity index (χ0n) is 37.9. The quantitative estimate of drug-likeness (QED) is 0.0439. The highest BCUT2D eigenvalue weighted by atomic mass is 31.2. The minimum Gasteiger partial charge on any atom is -0.497 e. The third kappa shape index (κ3) is 10.0. The van der Waals surface area contributed by atoms with Crippen LogP contribution in [0, 0.1) is 11.3 Å². The minimum absolute atomic E-state index is 0.0177. The number of hydrogen-bond acceptors (Lipinski definition) is 13. The fraction of sp³-hybridized carbons (Fsp3) is 0.367. The Hall–Kier alpha value is -5.82. The largest absolute Gasteiger partial charge is 0.497 e. The van der Waals surface area contributed by atoms with E-state index in [1.54, 1.807) is 56.5 Å².